The molecule has 3 aromatic rings. The maximum atomic E-state index is 13.4. The van der Waals surface area contributed by atoms with E-state index in [4.69, 9.17) is 37.4 Å². The Morgan fingerprint density at radius 1 is 0.952 bits per heavy atom. The van der Waals surface area contributed by atoms with Crippen molar-refractivity contribution in [1.29, 1.82) is 0 Å². The number of carbonyl (C=O) groups is 1. The van der Waals surface area contributed by atoms with E-state index in [2.05, 4.69) is 4.74 Å². The number of aromatic nitrogens is 1. The number of aliphatic hydroxyl groups excluding tert-OH is 1. The van der Waals surface area contributed by atoms with E-state index >= 15 is 0 Å². The average Bonchev–Trinajstić information content (AvgIpc) is 3.88. The summed E-state index contributed by atoms with van der Waals surface area (Å²) < 4.78 is 48.8. The van der Waals surface area contributed by atoms with E-state index in [9.17, 15) is 23.9 Å². The maximum Gasteiger partial charge on any atom is 0.387 e. The SMILES string of the molecule is O=C(OC(Cc1c(Cl)c[n+]([O-])cc1Cl)c1ccc(OC(F)F)c(OCC2CC2)c1)c1ccc(OCC2CC2)c(CO)c1. The predicted octanol–water partition coefficient (Wildman–Crippen LogP) is 6.44. The molecule has 2 aliphatic carbocycles. The van der Waals surface area contributed by atoms with Crippen LogP contribution >= 0.6 is 23.2 Å². The first-order chi connectivity index (χ1) is 20.2. The van der Waals surface area contributed by atoms with Crippen LogP contribution in [0.3, 0.4) is 0 Å². The quantitative estimate of drug-likeness (QED) is 0.125. The third-order valence-corrected chi connectivity index (χ3v) is 7.71. The van der Waals surface area contributed by atoms with E-state index < -0.39 is 18.7 Å². The molecule has 2 aliphatic rings. The molecule has 0 saturated heterocycles. The van der Waals surface area contributed by atoms with Crippen molar-refractivity contribution in [3.05, 3.63) is 86.3 Å². The molecular formula is C30H29Cl2F2NO7. The monoisotopic (exact) mass is 623 g/mol. The van der Waals surface area contributed by atoms with Crippen molar-refractivity contribution in [2.24, 2.45) is 11.8 Å². The standard InChI is InChI=1S/C30H29Cl2F2NO7/c31-23-12-35(38)13-24(32)22(23)11-27(19-5-8-26(42-30(33)34)28(10-19)40-16-18-3-4-18)41-29(37)20-6-7-25(21(9-20)14-36)39-15-17-1-2-17/h5-10,12-13,17-18,27,30,36H,1-4,11,14-16H2. The molecular weight excluding hydrogens is 595 g/mol. The topological polar surface area (TPSA) is 101 Å². The molecule has 0 bridgehead atoms. The van der Waals surface area contributed by atoms with E-state index in [0.29, 0.717) is 52.2 Å². The van der Waals surface area contributed by atoms with Gasteiger partial charge in [0.15, 0.2) is 23.9 Å². The van der Waals surface area contributed by atoms with Crippen molar-refractivity contribution in [2.75, 3.05) is 13.2 Å². The van der Waals surface area contributed by atoms with Crippen molar-refractivity contribution in [3.8, 4) is 17.2 Å². The van der Waals surface area contributed by atoms with Crippen LogP contribution < -0.4 is 18.9 Å². The average molecular weight is 624 g/mol. The van der Waals surface area contributed by atoms with Crippen LogP contribution in [0.2, 0.25) is 10.0 Å². The Labute approximate surface area is 251 Å². The van der Waals surface area contributed by atoms with Crippen molar-refractivity contribution in [1.82, 2.24) is 0 Å². The van der Waals surface area contributed by atoms with Crippen LogP contribution in [0, 0.1) is 17.0 Å². The van der Waals surface area contributed by atoms with Gasteiger partial charge in [-0.2, -0.15) is 13.5 Å². The van der Waals surface area contributed by atoms with Crippen molar-refractivity contribution < 1.29 is 42.4 Å². The molecule has 0 spiro atoms. The molecule has 224 valence electrons. The number of benzene rings is 2. The largest absolute Gasteiger partial charge is 0.619 e. The highest BCUT2D eigenvalue weighted by molar-refractivity contribution is 6.35. The highest BCUT2D eigenvalue weighted by Crippen LogP contribution is 2.38. The number of pyridine rings is 1. The second-order valence-corrected chi connectivity index (χ2v) is 11.3. The van der Waals surface area contributed by atoms with Gasteiger partial charge in [-0.05, 0) is 73.4 Å². The summed E-state index contributed by atoms with van der Waals surface area (Å²) in [5.74, 6) is 0.516. The molecule has 1 aromatic heterocycles. The summed E-state index contributed by atoms with van der Waals surface area (Å²) in [5, 5.41) is 21.8. The molecule has 1 heterocycles. The van der Waals surface area contributed by atoms with Crippen molar-refractivity contribution in [3.63, 3.8) is 0 Å². The zero-order valence-electron chi connectivity index (χ0n) is 22.4. The Morgan fingerprint density at radius 2 is 1.57 bits per heavy atom. The van der Waals surface area contributed by atoms with Gasteiger partial charge in [0.25, 0.3) is 0 Å². The number of ether oxygens (including phenoxy) is 4. The Balaban J connectivity index is 1.44. The van der Waals surface area contributed by atoms with Gasteiger partial charge in [0.2, 0.25) is 0 Å². The lowest BCUT2D eigenvalue weighted by atomic mass is 10.0. The number of rotatable bonds is 14. The van der Waals surface area contributed by atoms with Crippen molar-refractivity contribution >= 4 is 29.2 Å². The van der Waals surface area contributed by atoms with Crippen LogP contribution in [-0.4, -0.2) is 30.9 Å². The van der Waals surface area contributed by atoms with E-state index in [1.165, 1.54) is 30.3 Å². The summed E-state index contributed by atoms with van der Waals surface area (Å²) in [7, 11) is 0. The summed E-state index contributed by atoms with van der Waals surface area (Å²) in [6.45, 7) is -2.54. The van der Waals surface area contributed by atoms with Gasteiger partial charge < -0.3 is 29.3 Å². The fourth-order valence-electron chi connectivity index (χ4n) is 4.32. The predicted molar refractivity (Wildman–Crippen MR) is 149 cm³/mol. The number of aliphatic hydroxyl groups is 1. The lowest BCUT2D eigenvalue weighted by Gasteiger charge is -2.22. The maximum absolute atomic E-state index is 13.4. The molecule has 1 unspecified atom stereocenters. The van der Waals surface area contributed by atoms with E-state index in [1.807, 2.05) is 0 Å². The zero-order chi connectivity index (χ0) is 29.8. The minimum atomic E-state index is -3.06. The number of halogens is 4. The molecule has 2 fully saturated rings. The molecule has 2 aromatic carbocycles. The van der Waals surface area contributed by atoms with Gasteiger partial charge in [0.1, 0.15) is 21.9 Å². The Hall–Kier alpha value is -3.34. The van der Waals surface area contributed by atoms with Crippen LogP contribution in [0.25, 0.3) is 0 Å². The van der Waals surface area contributed by atoms with Crippen LogP contribution in [-0.2, 0) is 17.8 Å². The lowest BCUT2D eigenvalue weighted by molar-refractivity contribution is -0.605. The van der Waals surface area contributed by atoms with Crippen LogP contribution in [0.15, 0.2) is 48.8 Å². The third kappa shape index (κ3) is 7.93. The minimum absolute atomic E-state index is 0.0448. The molecule has 8 nitrogen and oxygen atoms in total. The molecule has 5 rings (SSSR count). The van der Waals surface area contributed by atoms with Gasteiger partial charge >= 0.3 is 12.6 Å². The number of hydrogen-bond donors (Lipinski definition) is 1. The fourth-order valence-corrected chi connectivity index (χ4v) is 4.92. The van der Waals surface area contributed by atoms with Gasteiger partial charge in [-0.3, -0.25) is 0 Å². The number of alkyl halides is 2. The minimum Gasteiger partial charge on any atom is -0.619 e. The summed E-state index contributed by atoms with van der Waals surface area (Å²) >= 11 is 12.6. The van der Waals surface area contributed by atoms with Gasteiger partial charge in [-0.25, -0.2) is 4.79 Å². The fraction of sp³-hybridized carbons (Fsp3) is 0.400. The van der Waals surface area contributed by atoms with Crippen molar-refractivity contribution in [2.45, 2.75) is 51.4 Å². The molecule has 2 saturated carbocycles. The number of nitrogens with zero attached hydrogens (tertiary/aromatic N) is 1. The molecule has 42 heavy (non-hydrogen) atoms. The summed E-state index contributed by atoms with van der Waals surface area (Å²) in [5.41, 5.74) is 1.33. The van der Waals surface area contributed by atoms with E-state index in [0.717, 1.165) is 38.1 Å². The first kappa shape index (κ1) is 30.1. The van der Waals surface area contributed by atoms with Crippen LogP contribution in [0.4, 0.5) is 8.78 Å². The number of carbonyl (C=O) groups excluding carboxylic acids is 1. The molecule has 0 radical (unpaired) electrons. The summed E-state index contributed by atoms with van der Waals surface area (Å²) in [6.07, 6.45) is 5.35. The number of hydrogen-bond acceptors (Lipinski definition) is 7. The normalized spacial score (nSPS) is 15.4. The molecule has 0 aliphatic heterocycles. The number of esters is 1. The summed E-state index contributed by atoms with van der Waals surface area (Å²) in [6, 6.07) is 8.91. The van der Waals surface area contributed by atoms with Crippen LogP contribution in [0.1, 0.15) is 58.8 Å². The molecule has 0 amide bonds. The molecule has 12 heteroatoms. The van der Waals surface area contributed by atoms with Gasteiger partial charge in [-0.1, -0.05) is 29.3 Å². The second-order valence-electron chi connectivity index (χ2n) is 10.5. The van der Waals surface area contributed by atoms with Gasteiger partial charge in [-0.15, -0.1) is 0 Å². The highest BCUT2D eigenvalue weighted by Gasteiger charge is 2.27. The molecule has 1 atom stereocenters. The lowest BCUT2D eigenvalue weighted by Crippen LogP contribution is -2.25. The van der Waals surface area contributed by atoms with Gasteiger partial charge in [0, 0.05) is 17.5 Å². The zero-order valence-corrected chi connectivity index (χ0v) is 24.0. The third-order valence-electron chi connectivity index (χ3n) is 7.06. The Kier molecular flexibility index (Phi) is 9.55. The van der Waals surface area contributed by atoms with Crippen LogP contribution in [0.5, 0.6) is 17.2 Å². The van der Waals surface area contributed by atoms with E-state index in [1.54, 1.807) is 6.07 Å². The van der Waals surface area contributed by atoms with Gasteiger partial charge in [0.05, 0.1) is 25.4 Å². The Bertz CT molecular complexity index is 1410. The Morgan fingerprint density at radius 3 is 2.17 bits per heavy atom. The second kappa shape index (κ2) is 13.3. The first-order valence-electron chi connectivity index (χ1n) is 13.6. The molecule has 1 N–H and O–H groups in total. The smallest absolute Gasteiger partial charge is 0.387 e. The highest BCUT2D eigenvalue weighted by atomic mass is 35.5. The first-order valence-corrected chi connectivity index (χ1v) is 14.3. The summed E-state index contributed by atoms with van der Waals surface area (Å²) in [4.78, 5) is 13.4. The van der Waals surface area contributed by atoms with E-state index in [-0.39, 0.29) is 40.1 Å².